The summed E-state index contributed by atoms with van der Waals surface area (Å²) in [5, 5.41) is 0. The number of imidazole rings is 1. The van der Waals surface area contributed by atoms with Gasteiger partial charge in [-0.2, -0.15) is 0 Å². The fourth-order valence-electron chi connectivity index (χ4n) is 2.20. The molecule has 23 heavy (non-hydrogen) atoms. The van der Waals surface area contributed by atoms with Crippen molar-refractivity contribution in [1.29, 1.82) is 0 Å². The molecule has 0 atom stereocenters. The third-order valence-corrected chi connectivity index (χ3v) is 3.56. The second-order valence-electron chi connectivity index (χ2n) is 5.60. The van der Waals surface area contributed by atoms with E-state index in [1.807, 2.05) is 10.6 Å². The van der Waals surface area contributed by atoms with Crippen molar-refractivity contribution in [2.45, 2.75) is 64.3 Å². The largest absolute Gasteiger partial charge is 0.337 e. The lowest BCUT2D eigenvalue weighted by Crippen LogP contribution is -2.41. The molecule has 1 aromatic heterocycles. The number of aryl methyl sites for hydroxylation is 1. The SMILES string of the molecule is C=CCCCCCCCCC(=O)NNC(=O)CCn1ccnc1. The molecule has 0 bridgehead atoms. The maximum atomic E-state index is 11.6. The molecule has 1 heterocycles. The van der Waals surface area contributed by atoms with Gasteiger partial charge in [-0.05, 0) is 19.3 Å². The van der Waals surface area contributed by atoms with E-state index in [-0.39, 0.29) is 11.8 Å². The van der Waals surface area contributed by atoms with Gasteiger partial charge in [-0.15, -0.1) is 6.58 Å². The average Bonchev–Trinajstić information content (AvgIpc) is 3.07. The van der Waals surface area contributed by atoms with E-state index in [4.69, 9.17) is 0 Å². The Hall–Kier alpha value is -2.11. The molecule has 0 radical (unpaired) electrons. The quantitative estimate of drug-likeness (QED) is 0.353. The summed E-state index contributed by atoms with van der Waals surface area (Å²) in [6.07, 6.45) is 15.6. The molecule has 0 saturated heterocycles. The Morgan fingerprint density at radius 3 is 2.30 bits per heavy atom. The van der Waals surface area contributed by atoms with Gasteiger partial charge in [0.05, 0.1) is 6.33 Å². The van der Waals surface area contributed by atoms with Gasteiger partial charge in [0.25, 0.3) is 0 Å². The Balaban J connectivity index is 1.93. The molecular formula is C17H28N4O2. The predicted molar refractivity (Wildman–Crippen MR) is 90.3 cm³/mol. The highest BCUT2D eigenvalue weighted by molar-refractivity contribution is 5.81. The van der Waals surface area contributed by atoms with Crippen molar-refractivity contribution in [3.8, 4) is 0 Å². The molecule has 0 fully saturated rings. The van der Waals surface area contributed by atoms with Gasteiger partial charge in [0.15, 0.2) is 0 Å². The molecule has 2 amide bonds. The van der Waals surface area contributed by atoms with E-state index in [0.717, 1.165) is 25.7 Å². The highest BCUT2D eigenvalue weighted by Gasteiger charge is 2.04. The van der Waals surface area contributed by atoms with Gasteiger partial charge in [-0.1, -0.05) is 31.8 Å². The van der Waals surface area contributed by atoms with Crippen LogP contribution in [0.5, 0.6) is 0 Å². The van der Waals surface area contributed by atoms with Gasteiger partial charge < -0.3 is 4.57 Å². The second kappa shape index (κ2) is 12.4. The van der Waals surface area contributed by atoms with Crippen LogP contribution in [-0.4, -0.2) is 21.4 Å². The van der Waals surface area contributed by atoms with Crippen LogP contribution in [0.2, 0.25) is 0 Å². The van der Waals surface area contributed by atoms with Gasteiger partial charge in [-0.3, -0.25) is 20.4 Å². The second-order valence-corrected chi connectivity index (χ2v) is 5.60. The van der Waals surface area contributed by atoms with Crippen molar-refractivity contribution in [2.75, 3.05) is 0 Å². The number of rotatable bonds is 12. The summed E-state index contributed by atoms with van der Waals surface area (Å²) in [4.78, 5) is 27.1. The van der Waals surface area contributed by atoms with Crippen LogP contribution in [0.25, 0.3) is 0 Å². The Morgan fingerprint density at radius 2 is 1.65 bits per heavy atom. The molecule has 0 aliphatic rings. The topological polar surface area (TPSA) is 76.0 Å². The first-order chi connectivity index (χ1) is 11.2. The lowest BCUT2D eigenvalue weighted by Gasteiger charge is -2.07. The van der Waals surface area contributed by atoms with Gasteiger partial charge in [0.1, 0.15) is 0 Å². The molecule has 0 unspecified atom stereocenters. The molecule has 0 saturated carbocycles. The maximum Gasteiger partial charge on any atom is 0.240 e. The van der Waals surface area contributed by atoms with Crippen molar-refractivity contribution >= 4 is 11.8 Å². The summed E-state index contributed by atoms with van der Waals surface area (Å²) in [6, 6.07) is 0. The number of amides is 2. The fourth-order valence-corrected chi connectivity index (χ4v) is 2.20. The van der Waals surface area contributed by atoms with E-state index in [9.17, 15) is 9.59 Å². The Kier molecular flexibility index (Phi) is 10.2. The Bertz CT molecular complexity index is 457. The minimum Gasteiger partial charge on any atom is -0.337 e. The third-order valence-electron chi connectivity index (χ3n) is 3.56. The lowest BCUT2D eigenvalue weighted by molar-refractivity contribution is -0.129. The smallest absolute Gasteiger partial charge is 0.240 e. The van der Waals surface area contributed by atoms with Crippen molar-refractivity contribution in [3.63, 3.8) is 0 Å². The minimum atomic E-state index is -0.200. The van der Waals surface area contributed by atoms with E-state index in [2.05, 4.69) is 22.4 Å². The molecule has 0 spiro atoms. The number of hydrogen-bond acceptors (Lipinski definition) is 3. The zero-order valence-electron chi connectivity index (χ0n) is 13.8. The summed E-state index contributed by atoms with van der Waals surface area (Å²) < 4.78 is 1.82. The molecule has 6 nitrogen and oxygen atoms in total. The minimum absolute atomic E-state index is 0.132. The summed E-state index contributed by atoms with van der Waals surface area (Å²) in [5.74, 6) is -0.332. The van der Waals surface area contributed by atoms with Crippen LogP contribution in [-0.2, 0) is 16.1 Å². The number of nitrogens with zero attached hydrogens (tertiary/aromatic N) is 2. The summed E-state index contributed by atoms with van der Waals surface area (Å²) >= 11 is 0. The molecule has 6 heteroatoms. The first-order valence-corrected chi connectivity index (χ1v) is 8.36. The highest BCUT2D eigenvalue weighted by atomic mass is 16.2. The molecule has 0 aliphatic heterocycles. The summed E-state index contributed by atoms with van der Waals surface area (Å²) in [7, 11) is 0. The van der Waals surface area contributed by atoms with Crippen molar-refractivity contribution in [1.82, 2.24) is 20.4 Å². The number of carbonyl (C=O) groups excluding carboxylic acids is 2. The number of hydrogen-bond donors (Lipinski definition) is 2. The first-order valence-electron chi connectivity index (χ1n) is 8.36. The van der Waals surface area contributed by atoms with Crippen LogP contribution in [0.3, 0.4) is 0 Å². The van der Waals surface area contributed by atoms with Gasteiger partial charge in [-0.25, -0.2) is 4.98 Å². The summed E-state index contributed by atoms with van der Waals surface area (Å²) in [6.45, 7) is 4.25. The maximum absolute atomic E-state index is 11.6. The number of aromatic nitrogens is 2. The zero-order valence-corrected chi connectivity index (χ0v) is 13.8. The van der Waals surface area contributed by atoms with E-state index < -0.39 is 0 Å². The lowest BCUT2D eigenvalue weighted by atomic mass is 10.1. The third kappa shape index (κ3) is 10.3. The highest BCUT2D eigenvalue weighted by Crippen LogP contribution is 2.08. The number of hydrazine groups is 1. The number of allylic oxidation sites excluding steroid dienone is 1. The fraction of sp³-hybridized carbons (Fsp3) is 0.588. The van der Waals surface area contributed by atoms with Crippen LogP contribution in [0.1, 0.15) is 57.8 Å². The van der Waals surface area contributed by atoms with E-state index >= 15 is 0 Å². The first kappa shape index (κ1) is 18.9. The van der Waals surface area contributed by atoms with Gasteiger partial charge >= 0.3 is 0 Å². The number of carbonyl (C=O) groups is 2. The summed E-state index contributed by atoms with van der Waals surface area (Å²) in [5.41, 5.74) is 4.90. The monoisotopic (exact) mass is 320 g/mol. The van der Waals surface area contributed by atoms with Crippen LogP contribution >= 0.6 is 0 Å². The van der Waals surface area contributed by atoms with Gasteiger partial charge in [0, 0.05) is 31.8 Å². The number of unbranched alkanes of at least 4 members (excludes halogenated alkanes) is 6. The standard InChI is InChI=1S/C17H28N4O2/c1-2-3-4-5-6-7-8-9-10-16(22)19-20-17(23)11-13-21-14-12-18-15-21/h2,12,14-15H,1,3-11,13H2,(H,19,22)(H,20,23). The van der Waals surface area contributed by atoms with Crippen LogP contribution in [0.4, 0.5) is 0 Å². The Labute approximate surface area is 138 Å². The molecule has 0 aromatic carbocycles. The molecule has 1 rings (SSSR count). The van der Waals surface area contributed by atoms with E-state index in [0.29, 0.717) is 19.4 Å². The van der Waals surface area contributed by atoms with Crippen molar-refractivity contribution in [3.05, 3.63) is 31.4 Å². The van der Waals surface area contributed by atoms with Crippen LogP contribution in [0.15, 0.2) is 31.4 Å². The van der Waals surface area contributed by atoms with Crippen molar-refractivity contribution in [2.24, 2.45) is 0 Å². The average molecular weight is 320 g/mol. The molecule has 1 aromatic rings. The zero-order chi connectivity index (χ0) is 16.8. The predicted octanol–water partition coefficient (Wildman–Crippen LogP) is 2.73. The molecule has 128 valence electrons. The van der Waals surface area contributed by atoms with Crippen molar-refractivity contribution < 1.29 is 9.59 Å². The normalized spacial score (nSPS) is 10.3. The molecule has 0 aliphatic carbocycles. The number of nitrogens with one attached hydrogen (secondary N) is 2. The molecule has 2 N–H and O–H groups in total. The van der Waals surface area contributed by atoms with E-state index in [1.165, 1.54) is 19.3 Å². The van der Waals surface area contributed by atoms with Crippen LogP contribution < -0.4 is 10.9 Å². The Morgan fingerprint density at radius 1 is 1.00 bits per heavy atom. The van der Waals surface area contributed by atoms with Gasteiger partial charge in [0.2, 0.25) is 11.8 Å². The van der Waals surface area contributed by atoms with E-state index in [1.54, 1.807) is 18.7 Å². The van der Waals surface area contributed by atoms with Crippen LogP contribution in [0, 0.1) is 0 Å². The molecular weight excluding hydrogens is 292 g/mol.